The van der Waals surface area contributed by atoms with Crippen molar-refractivity contribution in [1.82, 2.24) is 9.55 Å². The molecule has 0 amide bonds. The average Bonchev–Trinajstić information content (AvgIpc) is 2.48. The molecule has 2 rings (SSSR count). The molecule has 5 nitrogen and oxygen atoms in total. The molecule has 66 valence electrons. The predicted molar refractivity (Wildman–Crippen MR) is 39.2 cm³/mol. The third-order valence-electron chi connectivity index (χ3n) is 2.11. The number of fused-ring (bicyclic) bond motifs is 1. The van der Waals surface area contributed by atoms with Gasteiger partial charge < -0.3 is 19.9 Å². The van der Waals surface area contributed by atoms with Crippen LogP contribution in [0.25, 0.3) is 0 Å². The molecule has 1 aromatic rings. The van der Waals surface area contributed by atoms with Gasteiger partial charge in [-0.25, -0.2) is 4.98 Å². The van der Waals surface area contributed by atoms with Gasteiger partial charge in [0.1, 0.15) is 24.1 Å². The van der Waals surface area contributed by atoms with Crippen molar-refractivity contribution >= 4 is 0 Å². The van der Waals surface area contributed by atoms with Crippen molar-refractivity contribution in [2.45, 2.75) is 24.9 Å². The number of hydrogen-bond donors (Lipinski definition) is 3. The first-order valence-electron chi connectivity index (χ1n) is 3.75. The van der Waals surface area contributed by atoms with Crippen LogP contribution in [0.1, 0.15) is 11.9 Å². The maximum absolute atomic E-state index is 9.40. The van der Waals surface area contributed by atoms with Gasteiger partial charge in [0.05, 0.1) is 6.54 Å². The molecule has 0 radical (unpaired) electrons. The number of aromatic nitrogens is 2. The third kappa shape index (κ3) is 0.945. The van der Waals surface area contributed by atoms with E-state index in [9.17, 15) is 15.3 Å². The van der Waals surface area contributed by atoms with E-state index in [4.69, 9.17) is 0 Å². The summed E-state index contributed by atoms with van der Waals surface area (Å²) in [5, 5.41) is 27.9. The van der Waals surface area contributed by atoms with Gasteiger partial charge in [-0.3, -0.25) is 0 Å². The van der Waals surface area contributed by atoms with Crippen molar-refractivity contribution in [2.75, 3.05) is 0 Å². The maximum Gasteiger partial charge on any atom is 0.140 e. The standard InChI is InChI=1S/C7H10N2O3/c10-4-3-9-2-1-8-7(9)6(12)5(4)11/h1-2,4-6,10-12H,3H2/t4-,5+,6-/m0/s1. The number of aliphatic hydroxyl groups excluding tert-OH is 3. The number of rotatable bonds is 0. The van der Waals surface area contributed by atoms with Crippen molar-refractivity contribution in [3.8, 4) is 0 Å². The Balaban J connectivity index is 2.39. The number of imidazole rings is 1. The lowest BCUT2D eigenvalue weighted by Gasteiger charge is -2.28. The molecule has 12 heavy (non-hydrogen) atoms. The van der Waals surface area contributed by atoms with Crippen LogP contribution in [0.2, 0.25) is 0 Å². The zero-order valence-electron chi connectivity index (χ0n) is 6.33. The monoisotopic (exact) mass is 170 g/mol. The zero-order valence-corrected chi connectivity index (χ0v) is 6.33. The van der Waals surface area contributed by atoms with Crippen molar-refractivity contribution in [3.63, 3.8) is 0 Å². The molecular formula is C7H10N2O3. The van der Waals surface area contributed by atoms with Gasteiger partial charge in [0.15, 0.2) is 0 Å². The first kappa shape index (κ1) is 7.72. The molecule has 5 heteroatoms. The Morgan fingerprint density at radius 1 is 1.42 bits per heavy atom. The summed E-state index contributed by atoms with van der Waals surface area (Å²) in [5.41, 5.74) is 0. The van der Waals surface area contributed by atoms with Crippen LogP contribution in [0.15, 0.2) is 12.4 Å². The Hall–Kier alpha value is -0.910. The van der Waals surface area contributed by atoms with Crippen LogP contribution in [0.4, 0.5) is 0 Å². The van der Waals surface area contributed by atoms with E-state index >= 15 is 0 Å². The predicted octanol–water partition coefficient (Wildman–Crippen LogP) is -1.35. The second-order valence-corrected chi connectivity index (χ2v) is 2.94. The summed E-state index contributed by atoms with van der Waals surface area (Å²) in [6.07, 6.45) is 0.0714. The first-order chi connectivity index (χ1) is 5.70. The minimum atomic E-state index is -1.13. The van der Waals surface area contributed by atoms with E-state index in [2.05, 4.69) is 4.98 Å². The van der Waals surface area contributed by atoms with Crippen LogP contribution in [-0.2, 0) is 6.54 Å². The van der Waals surface area contributed by atoms with Crippen LogP contribution in [0.5, 0.6) is 0 Å². The molecule has 0 saturated heterocycles. The summed E-state index contributed by atoms with van der Waals surface area (Å²) < 4.78 is 1.63. The summed E-state index contributed by atoms with van der Waals surface area (Å²) >= 11 is 0. The lowest BCUT2D eigenvalue weighted by molar-refractivity contribution is -0.0854. The number of nitrogens with zero attached hydrogens (tertiary/aromatic N) is 2. The van der Waals surface area contributed by atoms with Crippen molar-refractivity contribution < 1.29 is 15.3 Å². The van der Waals surface area contributed by atoms with Gasteiger partial charge in [-0.15, -0.1) is 0 Å². The van der Waals surface area contributed by atoms with E-state index in [-0.39, 0.29) is 6.54 Å². The van der Waals surface area contributed by atoms with Crippen LogP contribution >= 0.6 is 0 Å². The second kappa shape index (κ2) is 2.55. The Morgan fingerprint density at radius 3 is 2.92 bits per heavy atom. The summed E-state index contributed by atoms with van der Waals surface area (Å²) in [6, 6.07) is 0. The average molecular weight is 170 g/mol. The van der Waals surface area contributed by atoms with Crippen molar-refractivity contribution in [3.05, 3.63) is 18.2 Å². The fourth-order valence-electron chi connectivity index (χ4n) is 1.41. The summed E-state index contributed by atoms with van der Waals surface area (Å²) in [5.74, 6) is 0.410. The molecule has 0 fully saturated rings. The summed E-state index contributed by atoms with van der Waals surface area (Å²) in [6.45, 7) is 0.285. The topological polar surface area (TPSA) is 78.5 Å². The molecule has 2 heterocycles. The largest absolute Gasteiger partial charge is 0.388 e. The van der Waals surface area contributed by atoms with Crippen LogP contribution in [0.3, 0.4) is 0 Å². The number of hydrogen-bond acceptors (Lipinski definition) is 4. The molecule has 3 N–H and O–H groups in total. The lowest BCUT2D eigenvalue weighted by atomic mass is 10.0. The van der Waals surface area contributed by atoms with Gasteiger partial charge in [-0.05, 0) is 0 Å². The molecule has 0 bridgehead atoms. The summed E-state index contributed by atoms with van der Waals surface area (Å²) in [4.78, 5) is 3.86. The first-order valence-corrected chi connectivity index (χ1v) is 3.75. The van der Waals surface area contributed by atoms with Crippen molar-refractivity contribution in [1.29, 1.82) is 0 Å². The lowest BCUT2D eigenvalue weighted by Crippen LogP contribution is -2.41. The van der Waals surface area contributed by atoms with Crippen LogP contribution in [-0.4, -0.2) is 37.1 Å². The molecule has 0 aliphatic carbocycles. The van der Waals surface area contributed by atoms with Gasteiger partial charge in [0.2, 0.25) is 0 Å². The minimum Gasteiger partial charge on any atom is -0.388 e. The van der Waals surface area contributed by atoms with E-state index in [0.717, 1.165) is 0 Å². The fourth-order valence-corrected chi connectivity index (χ4v) is 1.41. The van der Waals surface area contributed by atoms with E-state index < -0.39 is 18.3 Å². The highest BCUT2D eigenvalue weighted by Gasteiger charge is 2.33. The molecule has 1 aliphatic heterocycles. The minimum absolute atomic E-state index is 0.285. The van der Waals surface area contributed by atoms with Gasteiger partial charge in [0.25, 0.3) is 0 Å². The van der Waals surface area contributed by atoms with Gasteiger partial charge in [-0.1, -0.05) is 0 Å². The SMILES string of the molecule is O[C@H]1[C@H](O)c2nccn2C[C@@H]1O. The normalized spacial score (nSPS) is 34.8. The van der Waals surface area contributed by atoms with Gasteiger partial charge in [0, 0.05) is 12.4 Å². The Kier molecular flexibility index (Phi) is 1.64. The highest BCUT2D eigenvalue weighted by atomic mass is 16.4. The Labute approximate surface area is 68.9 Å². The van der Waals surface area contributed by atoms with E-state index in [0.29, 0.717) is 5.82 Å². The van der Waals surface area contributed by atoms with E-state index in [1.807, 2.05) is 0 Å². The highest BCUT2D eigenvalue weighted by molar-refractivity contribution is 5.04. The van der Waals surface area contributed by atoms with Crippen LogP contribution in [0, 0.1) is 0 Å². The summed E-state index contributed by atoms with van der Waals surface area (Å²) in [7, 11) is 0. The zero-order chi connectivity index (χ0) is 8.72. The van der Waals surface area contributed by atoms with Crippen molar-refractivity contribution in [2.24, 2.45) is 0 Å². The fraction of sp³-hybridized carbons (Fsp3) is 0.571. The highest BCUT2D eigenvalue weighted by Crippen LogP contribution is 2.23. The molecule has 1 aromatic heterocycles. The van der Waals surface area contributed by atoms with Gasteiger partial charge >= 0.3 is 0 Å². The van der Waals surface area contributed by atoms with Crippen LogP contribution < -0.4 is 0 Å². The van der Waals surface area contributed by atoms with Gasteiger partial charge in [-0.2, -0.15) is 0 Å². The van der Waals surface area contributed by atoms with E-state index in [1.165, 1.54) is 6.20 Å². The molecule has 0 saturated carbocycles. The third-order valence-corrected chi connectivity index (χ3v) is 2.11. The molecule has 1 aliphatic rings. The molecule has 3 atom stereocenters. The smallest absolute Gasteiger partial charge is 0.140 e. The second-order valence-electron chi connectivity index (χ2n) is 2.94. The molecule has 0 spiro atoms. The quantitative estimate of drug-likeness (QED) is 0.450. The molecular weight excluding hydrogens is 160 g/mol. The number of aliphatic hydroxyl groups is 3. The maximum atomic E-state index is 9.40. The Morgan fingerprint density at radius 2 is 2.17 bits per heavy atom. The molecule has 0 aromatic carbocycles. The van der Waals surface area contributed by atoms with E-state index in [1.54, 1.807) is 10.8 Å². The molecule has 0 unspecified atom stereocenters. The Bertz CT molecular complexity index is 286.